The predicted octanol–water partition coefficient (Wildman–Crippen LogP) is 1.03. The van der Waals surface area contributed by atoms with Gasteiger partial charge in [-0.3, -0.25) is 4.99 Å². The molecule has 194 valence electrons. The molecule has 0 radical (unpaired) electrons. The normalized spacial score (nSPS) is 16.4. The van der Waals surface area contributed by atoms with Crippen LogP contribution in [-0.2, 0) is 0 Å². The van der Waals surface area contributed by atoms with Gasteiger partial charge in [0.15, 0.2) is 5.84 Å². The van der Waals surface area contributed by atoms with Crippen LogP contribution in [0.25, 0.3) is 44.0 Å². The first-order valence-corrected chi connectivity index (χ1v) is 13.0. The third-order valence-corrected chi connectivity index (χ3v) is 7.92. The molecule has 9 heteroatoms. The van der Waals surface area contributed by atoms with Crippen molar-refractivity contribution in [3.63, 3.8) is 0 Å². The fourth-order valence-electron chi connectivity index (χ4n) is 6.11. The van der Waals surface area contributed by atoms with Crippen molar-refractivity contribution in [3.05, 3.63) is 69.1 Å². The lowest BCUT2D eigenvalue weighted by Crippen LogP contribution is -2.23. The minimum absolute atomic E-state index is 0.737. The van der Waals surface area contributed by atoms with Gasteiger partial charge in [0.05, 0.1) is 0 Å². The van der Waals surface area contributed by atoms with Gasteiger partial charge in [0, 0.05) is 75.0 Å². The molecule has 0 bridgehead atoms. The maximum Gasteiger partial charge on any atom is 0.157 e. The predicted molar refractivity (Wildman–Crippen MR) is 162 cm³/mol. The molecule has 0 atom stereocenters. The summed E-state index contributed by atoms with van der Waals surface area (Å²) in [6, 6.07) is 13.6. The number of benzene rings is 4. The van der Waals surface area contributed by atoms with E-state index in [0.717, 1.165) is 100.0 Å². The molecule has 7 rings (SSSR count). The fourth-order valence-corrected chi connectivity index (χ4v) is 6.11. The second-order valence-electron chi connectivity index (χ2n) is 9.71. The van der Waals surface area contributed by atoms with E-state index in [9.17, 15) is 0 Å². The van der Waals surface area contributed by atoms with Crippen molar-refractivity contribution in [2.45, 2.75) is 0 Å². The summed E-state index contributed by atoms with van der Waals surface area (Å²) < 4.78 is 0. The lowest BCUT2D eigenvalue weighted by Gasteiger charge is -2.15. The second-order valence-corrected chi connectivity index (χ2v) is 9.71. The molecule has 0 saturated carbocycles. The summed E-state index contributed by atoms with van der Waals surface area (Å²) >= 11 is 0. The van der Waals surface area contributed by atoms with E-state index in [-0.39, 0.29) is 0 Å². The molecule has 3 aliphatic rings. The van der Waals surface area contributed by atoms with Gasteiger partial charge in [-0.25, -0.2) is 15.0 Å². The van der Waals surface area contributed by atoms with Gasteiger partial charge in [0.1, 0.15) is 29.1 Å². The minimum atomic E-state index is 0.737. The summed E-state index contributed by atoms with van der Waals surface area (Å²) in [5, 5.41) is 25.5. The molecule has 0 fully saturated rings. The van der Waals surface area contributed by atoms with E-state index >= 15 is 0 Å². The van der Waals surface area contributed by atoms with Crippen LogP contribution in [0.2, 0.25) is 0 Å². The van der Waals surface area contributed by atoms with Crippen molar-refractivity contribution >= 4 is 67.3 Å². The molecule has 0 amide bonds. The standard InChI is InChI=1S/C30H29N9/c1-31-25-19-7-13-14(8-20(19)26(32-2)37-25)16-10-22-24(30(36-6)39-28(22)34-4)12-18(16)17-11-23-21(9-15(13)17)27(33-3)38-29(23)35-5/h7-12H,1-6H3,(H,31,32,37)(H2,33,35,38)(H2,34,36,39). The SMILES string of the molecule is CN=C1N=C(NC)c2cc3c(cc21)c1cc2c(cc1c1cc4c(cc31)C(NC)=NC=4NC)=C(NC)N=C2NC. The Hall–Kier alpha value is -4.92. The molecule has 0 spiro atoms. The Morgan fingerprint density at radius 1 is 0.462 bits per heavy atom. The van der Waals surface area contributed by atoms with Gasteiger partial charge < -0.3 is 26.6 Å². The smallest absolute Gasteiger partial charge is 0.157 e. The Labute approximate surface area is 225 Å². The third kappa shape index (κ3) is 3.01. The average Bonchev–Trinajstić information content (AvgIpc) is 3.64. The van der Waals surface area contributed by atoms with Crippen LogP contribution in [0, 0.1) is 0 Å². The van der Waals surface area contributed by atoms with Crippen LogP contribution in [-0.4, -0.2) is 65.6 Å². The van der Waals surface area contributed by atoms with E-state index in [0.29, 0.717) is 0 Å². The molecule has 39 heavy (non-hydrogen) atoms. The van der Waals surface area contributed by atoms with Gasteiger partial charge in [-0.2, -0.15) is 0 Å². The number of nitrogens with zero attached hydrogens (tertiary/aromatic N) is 4. The number of amidine groups is 4. The lowest BCUT2D eigenvalue weighted by atomic mass is 9.88. The highest BCUT2D eigenvalue weighted by molar-refractivity contribution is 6.31. The van der Waals surface area contributed by atoms with Gasteiger partial charge in [0.25, 0.3) is 0 Å². The van der Waals surface area contributed by atoms with Crippen LogP contribution >= 0.6 is 0 Å². The van der Waals surface area contributed by atoms with Gasteiger partial charge in [-0.15, -0.1) is 0 Å². The molecule has 0 saturated heterocycles. The van der Waals surface area contributed by atoms with Gasteiger partial charge in [-0.1, -0.05) is 0 Å². The molecule has 4 aromatic rings. The highest BCUT2D eigenvalue weighted by Crippen LogP contribution is 2.38. The van der Waals surface area contributed by atoms with Crippen LogP contribution in [0.3, 0.4) is 0 Å². The molecule has 9 nitrogen and oxygen atoms in total. The maximum atomic E-state index is 4.81. The van der Waals surface area contributed by atoms with E-state index in [1.165, 1.54) is 0 Å². The molecule has 0 aromatic heterocycles. The number of nitrogens with one attached hydrogen (secondary N) is 5. The van der Waals surface area contributed by atoms with Crippen LogP contribution in [0.1, 0.15) is 22.3 Å². The Morgan fingerprint density at radius 3 is 1.26 bits per heavy atom. The summed E-state index contributed by atoms with van der Waals surface area (Å²) in [6.07, 6.45) is 0. The summed E-state index contributed by atoms with van der Waals surface area (Å²) in [7, 11) is 11.3. The van der Waals surface area contributed by atoms with Gasteiger partial charge in [0.2, 0.25) is 0 Å². The summed E-state index contributed by atoms with van der Waals surface area (Å²) in [6.45, 7) is 0. The first-order valence-electron chi connectivity index (χ1n) is 13.0. The largest absolute Gasteiger partial charge is 0.373 e. The van der Waals surface area contributed by atoms with E-state index in [1.54, 1.807) is 7.05 Å². The van der Waals surface area contributed by atoms with Crippen LogP contribution in [0.4, 0.5) is 0 Å². The van der Waals surface area contributed by atoms with Crippen molar-refractivity contribution in [2.24, 2.45) is 20.0 Å². The first-order chi connectivity index (χ1) is 19.0. The van der Waals surface area contributed by atoms with E-state index in [1.807, 2.05) is 35.2 Å². The highest BCUT2D eigenvalue weighted by Gasteiger charge is 2.25. The molecular formula is C30H29N9. The molecule has 3 heterocycles. The average molecular weight is 516 g/mol. The number of fused-ring (bicyclic) bond motifs is 9. The third-order valence-electron chi connectivity index (χ3n) is 7.92. The van der Waals surface area contributed by atoms with Crippen molar-refractivity contribution in [3.8, 4) is 0 Å². The van der Waals surface area contributed by atoms with Crippen LogP contribution in [0.15, 0.2) is 56.4 Å². The summed E-state index contributed by atoms with van der Waals surface area (Å²) in [4.78, 5) is 18.9. The Balaban J connectivity index is 1.72. The van der Waals surface area contributed by atoms with Crippen molar-refractivity contribution in [2.75, 3.05) is 42.3 Å². The van der Waals surface area contributed by atoms with Gasteiger partial charge in [-0.05, 0) is 68.7 Å². The zero-order valence-corrected chi connectivity index (χ0v) is 22.8. The van der Waals surface area contributed by atoms with Crippen LogP contribution in [0.5, 0.6) is 0 Å². The highest BCUT2D eigenvalue weighted by atomic mass is 15.1. The van der Waals surface area contributed by atoms with E-state index < -0.39 is 0 Å². The maximum absolute atomic E-state index is 4.81. The van der Waals surface area contributed by atoms with Crippen LogP contribution < -0.4 is 37.0 Å². The molecule has 0 aliphatic carbocycles. The minimum Gasteiger partial charge on any atom is -0.373 e. The second kappa shape index (κ2) is 8.29. The molecule has 0 unspecified atom stereocenters. The van der Waals surface area contributed by atoms with Crippen molar-refractivity contribution in [1.82, 2.24) is 26.6 Å². The summed E-state index contributed by atoms with van der Waals surface area (Å²) in [5.41, 5.74) is 4.25. The summed E-state index contributed by atoms with van der Waals surface area (Å²) in [5.74, 6) is 4.99. The number of aliphatic imine (C=N–C) groups is 4. The quantitative estimate of drug-likeness (QED) is 0.256. The Morgan fingerprint density at radius 2 is 0.846 bits per heavy atom. The number of hydrogen-bond donors (Lipinski definition) is 5. The van der Waals surface area contributed by atoms with Crippen molar-refractivity contribution < 1.29 is 0 Å². The lowest BCUT2D eigenvalue weighted by molar-refractivity contribution is 1.08. The monoisotopic (exact) mass is 515 g/mol. The van der Waals surface area contributed by atoms with Crippen molar-refractivity contribution in [1.29, 1.82) is 0 Å². The van der Waals surface area contributed by atoms with E-state index in [2.05, 4.69) is 68.0 Å². The molecule has 4 aromatic carbocycles. The topological polar surface area (TPSA) is 110 Å². The van der Waals surface area contributed by atoms with Gasteiger partial charge >= 0.3 is 0 Å². The Kier molecular flexibility index (Phi) is 4.94. The Bertz CT molecular complexity index is 2050. The fraction of sp³-hybridized carbons (Fsp3) is 0.200. The molecule has 5 N–H and O–H groups in total. The zero-order chi connectivity index (χ0) is 27.0. The first kappa shape index (κ1) is 23.2. The van der Waals surface area contributed by atoms with E-state index in [4.69, 9.17) is 15.0 Å². The zero-order valence-electron chi connectivity index (χ0n) is 22.8. The molecular weight excluding hydrogens is 486 g/mol. The number of rotatable bonds is 2. The molecule has 3 aliphatic heterocycles. The number of hydrogen-bond acceptors (Lipinski definition) is 8.